The summed E-state index contributed by atoms with van der Waals surface area (Å²) in [5.41, 5.74) is 1.60. The lowest BCUT2D eigenvalue weighted by Gasteiger charge is -2.39. The van der Waals surface area contributed by atoms with Crippen LogP contribution in [0.25, 0.3) is 0 Å². The minimum atomic E-state index is -0.572. The van der Waals surface area contributed by atoms with Gasteiger partial charge in [0.05, 0.1) is 12.1 Å². The van der Waals surface area contributed by atoms with Gasteiger partial charge in [0.25, 0.3) is 5.91 Å². The molecule has 2 amide bonds. The number of nitrogens with one attached hydrogen (secondary N) is 1. The van der Waals surface area contributed by atoms with Crippen molar-refractivity contribution < 1.29 is 14.7 Å². The molecular formula is C19H27N3O3. The van der Waals surface area contributed by atoms with Gasteiger partial charge in [0, 0.05) is 44.7 Å². The van der Waals surface area contributed by atoms with Gasteiger partial charge in [-0.15, -0.1) is 0 Å². The van der Waals surface area contributed by atoms with Gasteiger partial charge in [-0.3, -0.25) is 14.5 Å². The molecule has 2 N–H and O–H groups in total. The van der Waals surface area contributed by atoms with E-state index in [4.69, 9.17) is 0 Å². The van der Waals surface area contributed by atoms with Crippen LogP contribution in [0.2, 0.25) is 0 Å². The highest BCUT2D eigenvalue weighted by atomic mass is 16.3. The number of piperazine rings is 1. The third kappa shape index (κ3) is 3.85. The summed E-state index contributed by atoms with van der Waals surface area (Å²) in [6.45, 7) is 6.48. The molecule has 0 bridgehead atoms. The van der Waals surface area contributed by atoms with Crippen LogP contribution in [-0.2, 0) is 4.79 Å². The van der Waals surface area contributed by atoms with Crippen molar-refractivity contribution in [2.75, 3.05) is 26.2 Å². The van der Waals surface area contributed by atoms with Gasteiger partial charge in [0.15, 0.2) is 0 Å². The number of carbonyl (C=O) groups is 2. The molecule has 0 aromatic heterocycles. The largest absolute Gasteiger partial charge is 0.389 e. The van der Waals surface area contributed by atoms with Crippen molar-refractivity contribution in [2.24, 2.45) is 0 Å². The molecule has 3 atom stereocenters. The molecule has 3 rings (SSSR count). The number of rotatable bonds is 3. The van der Waals surface area contributed by atoms with Crippen LogP contribution in [0.4, 0.5) is 0 Å². The van der Waals surface area contributed by atoms with E-state index in [2.05, 4.69) is 10.2 Å². The maximum absolute atomic E-state index is 12.5. The molecular weight excluding hydrogens is 318 g/mol. The van der Waals surface area contributed by atoms with Crippen molar-refractivity contribution in [1.29, 1.82) is 0 Å². The van der Waals surface area contributed by atoms with Crippen molar-refractivity contribution >= 4 is 11.8 Å². The summed E-state index contributed by atoms with van der Waals surface area (Å²) in [4.78, 5) is 28.0. The standard InChI is InChI=1S/C19H27N3O3/c1-13-5-3-4-6-15(13)19(25)20-16-7-8-17(18(16)24)22-11-9-21(10-12-22)14(2)23/h3-6,16-18,24H,7-12H2,1-2H3,(H,20,25)/t16-,17-,18-/m1/s1. The third-order valence-corrected chi connectivity index (χ3v) is 5.51. The van der Waals surface area contributed by atoms with Crippen LogP contribution in [0.15, 0.2) is 24.3 Å². The van der Waals surface area contributed by atoms with E-state index in [1.165, 1.54) is 0 Å². The normalized spacial score (nSPS) is 27.3. The number of amides is 2. The Hall–Kier alpha value is -1.92. The number of aliphatic hydroxyl groups is 1. The molecule has 25 heavy (non-hydrogen) atoms. The lowest BCUT2D eigenvalue weighted by atomic mass is 10.1. The molecule has 1 heterocycles. The number of benzene rings is 1. The summed E-state index contributed by atoms with van der Waals surface area (Å²) >= 11 is 0. The molecule has 6 heteroatoms. The Kier molecular flexibility index (Phi) is 5.39. The molecule has 0 unspecified atom stereocenters. The lowest BCUT2D eigenvalue weighted by molar-refractivity contribution is -0.131. The number of aryl methyl sites for hydroxylation is 1. The summed E-state index contributed by atoms with van der Waals surface area (Å²) < 4.78 is 0. The first kappa shape index (κ1) is 17.9. The van der Waals surface area contributed by atoms with Crippen LogP contribution in [0.5, 0.6) is 0 Å². The average Bonchev–Trinajstić information content (AvgIpc) is 2.96. The molecule has 136 valence electrons. The van der Waals surface area contributed by atoms with Crippen molar-refractivity contribution in [1.82, 2.24) is 15.1 Å². The van der Waals surface area contributed by atoms with Gasteiger partial charge in [0.2, 0.25) is 5.91 Å². The maximum Gasteiger partial charge on any atom is 0.251 e. The Morgan fingerprint density at radius 3 is 2.44 bits per heavy atom. The van der Waals surface area contributed by atoms with Crippen LogP contribution in [-0.4, -0.2) is 71.1 Å². The molecule has 2 aliphatic rings. The molecule has 2 fully saturated rings. The van der Waals surface area contributed by atoms with E-state index in [1.54, 1.807) is 6.92 Å². The van der Waals surface area contributed by atoms with Crippen LogP contribution >= 0.6 is 0 Å². The molecule has 1 aromatic rings. The van der Waals surface area contributed by atoms with E-state index < -0.39 is 6.10 Å². The maximum atomic E-state index is 12.5. The van der Waals surface area contributed by atoms with Gasteiger partial charge in [-0.25, -0.2) is 0 Å². The van der Waals surface area contributed by atoms with Gasteiger partial charge >= 0.3 is 0 Å². The number of nitrogens with zero attached hydrogens (tertiary/aromatic N) is 2. The zero-order chi connectivity index (χ0) is 18.0. The molecule has 0 spiro atoms. The molecule has 1 aliphatic carbocycles. The van der Waals surface area contributed by atoms with E-state index in [0.717, 1.165) is 31.5 Å². The van der Waals surface area contributed by atoms with E-state index in [1.807, 2.05) is 36.1 Å². The summed E-state index contributed by atoms with van der Waals surface area (Å²) in [7, 11) is 0. The Morgan fingerprint density at radius 2 is 1.80 bits per heavy atom. The minimum absolute atomic E-state index is 0.0521. The number of hydrogen-bond donors (Lipinski definition) is 2. The molecule has 0 radical (unpaired) electrons. The average molecular weight is 345 g/mol. The smallest absolute Gasteiger partial charge is 0.251 e. The Labute approximate surface area is 148 Å². The van der Waals surface area contributed by atoms with Crippen LogP contribution in [0.1, 0.15) is 35.7 Å². The van der Waals surface area contributed by atoms with Gasteiger partial charge in [-0.1, -0.05) is 18.2 Å². The second-order valence-electron chi connectivity index (χ2n) is 7.07. The zero-order valence-electron chi connectivity index (χ0n) is 14.9. The van der Waals surface area contributed by atoms with Gasteiger partial charge in [-0.2, -0.15) is 0 Å². The van der Waals surface area contributed by atoms with Gasteiger partial charge in [-0.05, 0) is 31.4 Å². The Morgan fingerprint density at radius 1 is 1.12 bits per heavy atom. The Balaban J connectivity index is 1.57. The highest BCUT2D eigenvalue weighted by Gasteiger charge is 2.40. The summed E-state index contributed by atoms with van der Waals surface area (Å²) in [5.74, 6) is -0.0146. The molecule has 1 aromatic carbocycles. The highest BCUT2D eigenvalue weighted by molar-refractivity contribution is 5.95. The van der Waals surface area contributed by atoms with Crippen LogP contribution in [0.3, 0.4) is 0 Å². The van der Waals surface area contributed by atoms with Crippen molar-refractivity contribution in [2.45, 2.75) is 44.9 Å². The first-order chi connectivity index (χ1) is 12.0. The monoisotopic (exact) mass is 345 g/mol. The third-order valence-electron chi connectivity index (χ3n) is 5.51. The van der Waals surface area contributed by atoms with Crippen molar-refractivity contribution in [3.8, 4) is 0 Å². The van der Waals surface area contributed by atoms with Crippen molar-refractivity contribution in [3.63, 3.8) is 0 Å². The summed E-state index contributed by atoms with van der Waals surface area (Å²) in [6.07, 6.45) is 1.06. The first-order valence-electron chi connectivity index (χ1n) is 9.01. The van der Waals surface area contributed by atoms with Gasteiger partial charge < -0.3 is 15.3 Å². The molecule has 1 aliphatic heterocycles. The summed E-state index contributed by atoms with van der Waals surface area (Å²) in [5, 5.41) is 13.7. The number of carbonyl (C=O) groups excluding carboxylic acids is 2. The van der Waals surface area contributed by atoms with E-state index in [-0.39, 0.29) is 23.9 Å². The molecule has 1 saturated carbocycles. The quantitative estimate of drug-likeness (QED) is 0.849. The van der Waals surface area contributed by atoms with E-state index in [9.17, 15) is 14.7 Å². The van der Waals surface area contributed by atoms with Crippen molar-refractivity contribution in [3.05, 3.63) is 35.4 Å². The SMILES string of the molecule is CC(=O)N1CCN([C@@H]2CC[C@@H](NC(=O)c3ccccc3C)[C@H]2O)CC1. The fourth-order valence-electron chi connectivity index (χ4n) is 3.96. The van der Waals surface area contributed by atoms with E-state index >= 15 is 0 Å². The fraction of sp³-hybridized carbons (Fsp3) is 0.579. The molecule has 6 nitrogen and oxygen atoms in total. The van der Waals surface area contributed by atoms with E-state index in [0.29, 0.717) is 18.7 Å². The topological polar surface area (TPSA) is 72.9 Å². The minimum Gasteiger partial charge on any atom is -0.389 e. The predicted molar refractivity (Wildman–Crippen MR) is 95.3 cm³/mol. The zero-order valence-corrected chi connectivity index (χ0v) is 14.9. The summed E-state index contributed by atoms with van der Waals surface area (Å²) in [6, 6.07) is 7.32. The van der Waals surface area contributed by atoms with Crippen LogP contribution < -0.4 is 5.32 Å². The fourth-order valence-corrected chi connectivity index (χ4v) is 3.96. The lowest BCUT2D eigenvalue weighted by Crippen LogP contribution is -2.55. The first-order valence-corrected chi connectivity index (χ1v) is 9.01. The van der Waals surface area contributed by atoms with Gasteiger partial charge in [0.1, 0.15) is 0 Å². The predicted octanol–water partition coefficient (Wildman–Crippen LogP) is 0.781. The second kappa shape index (κ2) is 7.54. The highest BCUT2D eigenvalue weighted by Crippen LogP contribution is 2.26. The van der Waals surface area contributed by atoms with Crippen LogP contribution in [0, 0.1) is 6.92 Å². The second-order valence-corrected chi connectivity index (χ2v) is 7.07. The Bertz CT molecular complexity index is 641. The number of aliphatic hydroxyl groups excluding tert-OH is 1. The molecule has 1 saturated heterocycles. The number of hydrogen-bond acceptors (Lipinski definition) is 4.